The van der Waals surface area contributed by atoms with Crippen molar-refractivity contribution in [2.24, 2.45) is 5.92 Å². The topological polar surface area (TPSA) is 35.5 Å². The molecule has 0 saturated carbocycles. The van der Waals surface area contributed by atoms with Gasteiger partial charge < -0.3 is 9.47 Å². The Kier molecular flexibility index (Phi) is 25.1. The van der Waals surface area contributed by atoms with Crippen LogP contribution in [0.15, 0.2) is 12.2 Å². The van der Waals surface area contributed by atoms with Gasteiger partial charge in [0.25, 0.3) is 0 Å². The number of carbonyl (C=O) groups excluding carboxylic acids is 1. The fraction of sp³-hybridized carbons (Fsp3) is 0.900. The molecule has 0 rings (SSSR count). The van der Waals surface area contributed by atoms with Crippen molar-refractivity contribution in [1.82, 2.24) is 0 Å². The third kappa shape index (κ3) is 24.1. The van der Waals surface area contributed by atoms with E-state index in [9.17, 15) is 4.79 Å². The van der Waals surface area contributed by atoms with E-state index in [0.29, 0.717) is 24.7 Å². The minimum atomic E-state index is -0.320. The van der Waals surface area contributed by atoms with E-state index in [1.54, 1.807) is 6.92 Å². The maximum Gasteiger partial charge on any atom is 0.333 e. The second-order valence-corrected chi connectivity index (χ2v) is 10.1. The summed E-state index contributed by atoms with van der Waals surface area (Å²) in [5, 5.41) is 0. The van der Waals surface area contributed by atoms with Crippen LogP contribution in [-0.2, 0) is 14.3 Å². The lowest BCUT2D eigenvalue weighted by Crippen LogP contribution is -2.15. The van der Waals surface area contributed by atoms with E-state index in [2.05, 4.69) is 20.4 Å². The Labute approximate surface area is 207 Å². The van der Waals surface area contributed by atoms with Crippen molar-refractivity contribution in [3.63, 3.8) is 0 Å². The van der Waals surface area contributed by atoms with Crippen LogP contribution in [0.2, 0.25) is 0 Å². The van der Waals surface area contributed by atoms with Crippen LogP contribution in [-0.4, -0.2) is 25.8 Å². The molecule has 0 aliphatic carbocycles. The van der Waals surface area contributed by atoms with Gasteiger partial charge in [-0.2, -0.15) is 0 Å². The molecule has 0 N–H and O–H groups in total. The zero-order valence-corrected chi connectivity index (χ0v) is 22.8. The Bertz CT molecular complexity index is 432. The highest BCUT2D eigenvalue weighted by Gasteiger charge is 2.10. The molecule has 1 unspecified atom stereocenters. The van der Waals surface area contributed by atoms with Crippen molar-refractivity contribution >= 4 is 5.97 Å². The van der Waals surface area contributed by atoms with Gasteiger partial charge in [0, 0.05) is 12.2 Å². The molecule has 0 aliphatic heterocycles. The molecule has 1 atom stereocenters. The Morgan fingerprint density at radius 1 is 0.636 bits per heavy atom. The van der Waals surface area contributed by atoms with E-state index in [-0.39, 0.29) is 5.97 Å². The molecule has 0 heterocycles. The summed E-state index contributed by atoms with van der Waals surface area (Å²) in [6.07, 6.45) is 27.4. The van der Waals surface area contributed by atoms with Crippen LogP contribution < -0.4 is 0 Å². The number of hydrogen-bond acceptors (Lipinski definition) is 3. The SMILES string of the molecule is C=C(C)C(=O)OCCOCC(CCCCCCCCCC)CCCCCCCCCCCC. The van der Waals surface area contributed by atoms with E-state index < -0.39 is 0 Å². The van der Waals surface area contributed by atoms with Gasteiger partial charge in [0.2, 0.25) is 0 Å². The van der Waals surface area contributed by atoms with Crippen LogP contribution in [0.1, 0.15) is 149 Å². The summed E-state index contributed by atoms with van der Waals surface area (Å²) < 4.78 is 11.0. The Balaban J connectivity index is 3.94. The standard InChI is InChI=1S/C30H58O3/c1-5-7-9-11-13-15-16-18-20-22-24-29(23-21-19-17-14-12-10-8-6-2)27-32-25-26-33-30(31)28(3)4/h29H,3,5-27H2,1-2,4H3. The van der Waals surface area contributed by atoms with Crippen LogP contribution in [0.25, 0.3) is 0 Å². The van der Waals surface area contributed by atoms with Gasteiger partial charge in [0.15, 0.2) is 0 Å². The highest BCUT2D eigenvalue weighted by molar-refractivity contribution is 5.86. The maximum absolute atomic E-state index is 11.5. The fourth-order valence-corrected chi connectivity index (χ4v) is 4.36. The van der Waals surface area contributed by atoms with Gasteiger partial charge in [-0.1, -0.05) is 136 Å². The molecule has 0 aromatic heterocycles. The molecule has 0 spiro atoms. The molecular formula is C30H58O3. The van der Waals surface area contributed by atoms with Gasteiger partial charge in [-0.15, -0.1) is 0 Å². The van der Waals surface area contributed by atoms with Crippen molar-refractivity contribution in [2.45, 2.75) is 149 Å². The summed E-state index contributed by atoms with van der Waals surface area (Å²) in [6, 6.07) is 0. The average molecular weight is 467 g/mol. The van der Waals surface area contributed by atoms with E-state index in [4.69, 9.17) is 9.47 Å². The molecule has 33 heavy (non-hydrogen) atoms. The summed E-state index contributed by atoms with van der Waals surface area (Å²) >= 11 is 0. The Morgan fingerprint density at radius 2 is 1.03 bits per heavy atom. The zero-order chi connectivity index (χ0) is 24.4. The van der Waals surface area contributed by atoms with E-state index in [0.717, 1.165) is 6.61 Å². The number of ether oxygens (including phenoxy) is 2. The molecule has 0 saturated heterocycles. The minimum Gasteiger partial charge on any atom is -0.460 e. The monoisotopic (exact) mass is 466 g/mol. The summed E-state index contributed by atoms with van der Waals surface area (Å²) in [6.45, 7) is 11.5. The van der Waals surface area contributed by atoms with E-state index in [1.165, 1.54) is 128 Å². The van der Waals surface area contributed by atoms with Crippen molar-refractivity contribution in [3.8, 4) is 0 Å². The van der Waals surface area contributed by atoms with Gasteiger partial charge in [-0.05, 0) is 25.7 Å². The van der Waals surface area contributed by atoms with Crippen LogP contribution in [0, 0.1) is 5.92 Å². The first-order valence-electron chi connectivity index (χ1n) is 14.5. The second kappa shape index (κ2) is 25.8. The molecule has 0 aromatic carbocycles. The fourth-order valence-electron chi connectivity index (χ4n) is 4.36. The summed E-state index contributed by atoms with van der Waals surface area (Å²) in [4.78, 5) is 11.5. The first-order chi connectivity index (χ1) is 16.1. The van der Waals surface area contributed by atoms with Crippen LogP contribution in [0.4, 0.5) is 0 Å². The molecule has 0 aliphatic rings. The zero-order valence-electron chi connectivity index (χ0n) is 22.8. The maximum atomic E-state index is 11.5. The largest absolute Gasteiger partial charge is 0.460 e. The predicted molar refractivity (Wildman–Crippen MR) is 144 cm³/mol. The first kappa shape index (κ1) is 32.2. The van der Waals surface area contributed by atoms with E-state index >= 15 is 0 Å². The third-order valence-corrected chi connectivity index (χ3v) is 6.59. The van der Waals surface area contributed by atoms with Gasteiger partial charge in [-0.3, -0.25) is 0 Å². The van der Waals surface area contributed by atoms with Crippen molar-refractivity contribution in [2.75, 3.05) is 19.8 Å². The first-order valence-corrected chi connectivity index (χ1v) is 14.5. The second-order valence-electron chi connectivity index (χ2n) is 10.1. The van der Waals surface area contributed by atoms with Crippen molar-refractivity contribution in [1.29, 1.82) is 0 Å². The van der Waals surface area contributed by atoms with Gasteiger partial charge in [-0.25, -0.2) is 4.79 Å². The van der Waals surface area contributed by atoms with Crippen LogP contribution in [0.5, 0.6) is 0 Å². The van der Waals surface area contributed by atoms with Gasteiger partial charge >= 0.3 is 5.97 Å². The van der Waals surface area contributed by atoms with Crippen LogP contribution >= 0.6 is 0 Å². The number of hydrogen-bond donors (Lipinski definition) is 0. The molecule has 0 fully saturated rings. The lowest BCUT2D eigenvalue weighted by molar-refractivity contribution is -0.140. The molecule has 196 valence electrons. The summed E-state index contributed by atoms with van der Waals surface area (Å²) in [5.74, 6) is 0.329. The average Bonchev–Trinajstić information content (AvgIpc) is 2.80. The lowest BCUT2D eigenvalue weighted by atomic mass is 9.94. The van der Waals surface area contributed by atoms with Gasteiger partial charge in [0.05, 0.1) is 6.61 Å². The number of rotatable bonds is 26. The predicted octanol–water partition coefficient (Wildman–Crippen LogP) is 9.58. The lowest BCUT2D eigenvalue weighted by Gasteiger charge is -2.17. The molecule has 0 radical (unpaired) electrons. The minimum absolute atomic E-state index is 0.320. The molecule has 3 nitrogen and oxygen atoms in total. The highest BCUT2D eigenvalue weighted by Crippen LogP contribution is 2.20. The number of esters is 1. The molecule has 0 bridgehead atoms. The molecule has 0 amide bonds. The quantitative estimate of drug-likeness (QED) is 0.0723. The van der Waals surface area contributed by atoms with Crippen molar-refractivity contribution < 1.29 is 14.3 Å². The van der Waals surface area contributed by atoms with Crippen LogP contribution in [0.3, 0.4) is 0 Å². The molecular weight excluding hydrogens is 408 g/mol. The van der Waals surface area contributed by atoms with Crippen molar-refractivity contribution in [3.05, 3.63) is 12.2 Å². The molecule has 3 heteroatoms. The number of unbranched alkanes of at least 4 members (excludes halogenated alkanes) is 16. The Morgan fingerprint density at radius 3 is 1.42 bits per heavy atom. The normalized spacial score (nSPS) is 12.1. The molecule has 0 aromatic rings. The summed E-state index contributed by atoms with van der Waals surface area (Å²) in [7, 11) is 0. The highest BCUT2D eigenvalue weighted by atomic mass is 16.6. The smallest absolute Gasteiger partial charge is 0.333 e. The third-order valence-electron chi connectivity index (χ3n) is 6.59. The van der Waals surface area contributed by atoms with Gasteiger partial charge in [0.1, 0.15) is 6.61 Å². The number of carbonyl (C=O) groups is 1. The summed E-state index contributed by atoms with van der Waals surface area (Å²) in [5.41, 5.74) is 0.448. The van der Waals surface area contributed by atoms with E-state index in [1.807, 2.05) is 0 Å². The Hall–Kier alpha value is -0.830.